The molecule has 1 fully saturated rings. The molecule has 0 atom stereocenters. The van der Waals surface area contributed by atoms with Gasteiger partial charge in [0.15, 0.2) is 0 Å². The molecule has 2 nitrogen and oxygen atoms in total. The van der Waals surface area contributed by atoms with E-state index in [4.69, 9.17) is 0 Å². The highest BCUT2D eigenvalue weighted by Gasteiger charge is 2.16. The molecule has 13 heavy (non-hydrogen) atoms. The molecule has 70 valence electrons. The maximum atomic E-state index is 9.29. The van der Waals surface area contributed by atoms with Crippen LogP contribution in [0.4, 0.5) is 0 Å². The lowest BCUT2D eigenvalue weighted by Gasteiger charge is -2.27. The summed E-state index contributed by atoms with van der Waals surface area (Å²) in [5, 5.41) is 12.5. The van der Waals surface area contributed by atoms with E-state index in [1.807, 2.05) is 12.1 Å². The Morgan fingerprint density at radius 1 is 1.46 bits per heavy atom. The molecule has 0 aliphatic carbocycles. The second-order valence-corrected chi connectivity index (χ2v) is 4.37. The van der Waals surface area contributed by atoms with Gasteiger partial charge in [-0.1, -0.05) is 6.07 Å². The van der Waals surface area contributed by atoms with E-state index in [-0.39, 0.29) is 0 Å². The van der Waals surface area contributed by atoms with Crippen LogP contribution in [0.2, 0.25) is 0 Å². The van der Waals surface area contributed by atoms with Gasteiger partial charge in [0, 0.05) is 0 Å². The van der Waals surface area contributed by atoms with Crippen LogP contribution in [0, 0.1) is 5.92 Å². The Kier molecular flexibility index (Phi) is 2.56. The maximum Gasteiger partial charge on any atom is 0.129 e. The summed E-state index contributed by atoms with van der Waals surface area (Å²) in [6.07, 6.45) is 1.10. The predicted molar refractivity (Wildman–Crippen MR) is 55.9 cm³/mol. The average Bonchev–Trinajstić information content (AvgIpc) is 2.04. The van der Waals surface area contributed by atoms with E-state index in [2.05, 4.69) is 21.2 Å². The number of benzene rings is 1. The van der Waals surface area contributed by atoms with Gasteiger partial charge in [-0.05, 0) is 59.1 Å². The second kappa shape index (κ2) is 3.68. The van der Waals surface area contributed by atoms with Crippen LogP contribution in [0.3, 0.4) is 0 Å². The lowest BCUT2D eigenvalue weighted by atomic mass is 9.94. The molecule has 0 unspecified atom stereocenters. The smallest absolute Gasteiger partial charge is 0.129 e. The molecule has 2 N–H and O–H groups in total. The summed E-state index contributed by atoms with van der Waals surface area (Å²) in [5.41, 5.74) is 1.29. The maximum absolute atomic E-state index is 9.29. The van der Waals surface area contributed by atoms with Gasteiger partial charge in [-0.25, -0.2) is 0 Å². The zero-order valence-corrected chi connectivity index (χ0v) is 8.84. The van der Waals surface area contributed by atoms with Gasteiger partial charge in [-0.2, -0.15) is 0 Å². The Morgan fingerprint density at radius 2 is 2.23 bits per heavy atom. The van der Waals surface area contributed by atoms with E-state index in [0.29, 0.717) is 5.75 Å². The fourth-order valence-electron chi connectivity index (χ4n) is 1.50. The van der Waals surface area contributed by atoms with Crippen molar-refractivity contribution in [3.05, 3.63) is 28.2 Å². The SMILES string of the molecule is Oc1ccc(CC2CNC2)cc1Br. The van der Waals surface area contributed by atoms with Crippen molar-refractivity contribution in [1.82, 2.24) is 5.32 Å². The molecule has 0 amide bonds. The van der Waals surface area contributed by atoms with Crippen LogP contribution in [0.15, 0.2) is 22.7 Å². The minimum absolute atomic E-state index is 0.315. The topological polar surface area (TPSA) is 32.3 Å². The summed E-state index contributed by atoms with van der Waals surface area (Å²) in [6.45, 7) is 2.25. The minimum atomic E-state index is 0.315. The van der Waals surface area contributed by atoms with E-state index < -0.39 is 0 Å². The molecule has 0 radical (unpaired) electrons. The Morgan fingerprint density at radius 3 is 2.77 bits per heavy atom. The van der Waals surface area contributed by atoms with Crippen LogP contribution < -0.4 is 5.32 Å². The molecule has 0 bridgehead atoms. The van der Waals surface area contributed by atoms with Crippen molar-refractivity contribution in [2.24, 2.45) is 5.92 Å². The lowest BCUT2D eigenvalue weighted by molar-refractivity contribution is 0.346. The van der Waals surface area contributed by atoms with Gasteiger partial charge in [-0.15, -0.1) is 0 Å². The van der Waals surface area contributed by atoms with E-state index in [1.54, 1.807) is 6.07 Å². The van der Waals surface area contributed by atoms with Gasteiger partial charge in [0.1, 0.15) is 5.75 Å². The molecule has 1 aromatic carbocycles. The highest BCUT2D eigenvalue weighted by Crippen LogP contribution is 2.25. The van der Waals surface area contributed by atoms with E-state index in [1.165, 1.54) is 5.56 Å². The highest BCUT2D eigenvalue weighted by atomic mass is 79.9. The molecule has 1 aliphatic rings. The monoisotopic (exact) mass is 241 g/mol. The zero-order valence-electron chi connectivity index (χ0n) is 7.26. The minimum Gasteiger partial charge on any atom is -0.507 e. The van der Waals surface area contributed by atoms with Gasteiger partial charge in [0.2, 0.25) is 0 Å². The number of rotatable bonds is 2. The molecule has 1 heterocycles. The Hall–Kier alpha value is -0.540. The third kappa shape index (κ3) is 2.03. The van der Waals surface area contributed by atoms with Crippen LogP contribution in [0.25, 0.3) is 0 Å². The normalized spacial score (nSPS) is 17.0. The fourth-order valence-corrected chi connectivity index (χ4v) is 1.93. The van der Waals surface area contributed by atoms with Crippen LogP contribution >= 0.6 is 15.9 Å². The second-order valence-electron chi connectivity index (χ2n) is 3.51. The molecule has 1 aliphatic heterocycles. The van der Waals surface area contributed by atoms with Gasteiger partial charge in [0.05, 0.1) is 4.47 Å². The van der Waals surface area contributed by atoms with Crippen molar-refractivity contribution in [2.45, 2.75) is 6.42 Å². The zero-order chi connectivity index (χ0) is 9.26. The van der Waals surface area contributed by atoms with Crippen molar-refractivity contribution in [2.75, 3.05) is 13.1 Å². The summed E-state index contributed by atoms with van der Waals surface area (Å²) in [6, 6.07) is 5.72. The third-order valence-corrected chi connectivity index (χ3v) is 3.04. The number of halogens is 1. The Labute approximate surface area is 86.1 Å². The van der Waals surface area contributed by atoms with Crippen molar-refractivity contribution < 1.29 is 5.11 Å². The van der Waals surface area contributed by atoms with Crippen molar-refractivity contribution in [1.29, 1.82) is 0 Å². The molecule has 0 saturated carbocycles. The third-order valence-electron chi connectivity index (χ3n) is 2.40. The molecule has 0 spiro atoms. The van der Waals surface area contributed by atoms with Crippen LogP contribution in [-0.4, -0.2) is 18.2 Å². The molecule has 1 saturated heterocycles. The first kappa shape index (κ1) is 9.03. The highest BCUT2D eigenvalue weighted by molar-refractivity contribution is 9.10. The Bertz CT molecular complexity index is 310. The summed E-state index contributed by atoms with van der Waals surface area (Å²) >= 11 is 3.31. The van der Waals surface area contributed by atoms with Crippen molar-refractivity contribution in [3.8, 4) is 5.75 Å². The number of hydrogen-bond donors (Lipinski definition) is 2. The summed E-state index contributed by atoms with van der Waals surface area (Å²) in [7, 11) is 0. The standard InChI is InChI=1S/C10H12BrNO/c11-9-4-7(1-2-10(9)13)3-8-5-12-6-8/h1-2,4,8,12-13H,3,5-6H2. The van der Waals surface area contributed by atoms with E-state index in [0.717, 1.165) is 29.9 Å². The van der Waals surface area contributed by atoms with E-state index in [9.17, 15) is 5.11 Å². The van der Waals surface area contributed by atoms with Crippen molar-refractivity contribution >= 4 is 15.9 Å². The number of phenolic OH excluding ortho intramolecular Hbond substituents is 1. The largest absolute Gasteiger partial charge is 0.507 e. The molecular weight excluding hydrogens is 230 g/mol. The van der Waals surface area contributed by atoms with E-state index >= 15 is 0 Å². The molecule has 0 aromatic heterocycles. The van der Waals surface area contributed by atoms with Crippen LogP contribution in [-0.2, 0) is 6.42 Å². The Balaban J connectivity index is 2.07. The van der Waals surface area contributed by atoms with Gasteiger partial charge < -0.3 is 10.4 Å². The quantitative estimate of drug-likeness (QED) is 0.830. The average molecular weight is 242 g/mol. The molecule has 3 heteroatoms. The van der Waals surface area contributed by atoms with Gasteiger partial charge in [-0.3, -0.25) is 0 Å². The summed E-state index contributed by atoms with van der Waals surface area (Å²) < 4.78 is 0.789. The van der Waals surface area contributed by atoms with Crippen molar-refractivity contribution in [3.63, 3.8) is 0 Å². The summed E-state index contributed by atoms with van der Waals surface area (Å²) in [5.74, 6) is 1.09. The number of aromatic hydroxyl groups is 1. The fraction of sp³-hybridized carbons (Fsp3) is 0.400. The number of phenols is 1. The van der Waals surface area contributed by atoms with Gasteiger partial charge >= 0.3 is 0 Å². The van der Waals surface area contributed by atoms with Crippen LogP contribution in [0.5, 0.6) is 5.75 Å². The summed E-state index contributed by atoms with van der Waals surface area (Å²) in [4.78, 5) is 0. The number of nitrogens with one attached hydrogen (secondary N) is 1. The molecular formula is C10H12BrNO. The van der Waals surface area contributed by atoms with Gasteiger partial charge in [0.25, 0.3) is 0 Å². The predicted octanol–water partition coefficient (Wildman–Crippen LogP) is 1.92. The first-order chi connectivity index (χ1) is 6.25. The molecule has 1 aromatic rings. The number of hydrogen-bond acceptors (Lipinski definition) is 2. The first-order valence-corrected chi connectivity index (χ1v) is 5.23. The lowest BCUT2D eigenvalue weighted by Crippen LogP contribution is -2.43. The first-order valence-electron chi connectivity index (χ1n) is 4.44. The molecule has 2 rings (SSSR count). The van der Waals surface area contributed by atoms with Crippen LogP contribution in [0.1, 0.15) is 5.56 Å².